The third-order valence-corrected chi connectivity index (χ3v) is 1.14. The van der Waals surface area contributed by atoms with Crippen molar-refractivity contribution < 1.29 is 30.3 Å². The second-order valence-electron chi connectivity index (χ2n) is 2.64. The predicted molar refractivity (Wildman–Crippen MR) is 37.0 cm³/mol. The zero-order valence-electron chi connectivity index (χ0n) is 7.19. The molecule has 0 fully saturated rings. The highest BCUT2D eigenvalue weighted by Gasteiger charge is 1.95. The minimum absolute atomic E-state index is 0.396. The van der Waals surface area contributed by atoms with Crippen molar-refractivity contribution in [3.05, 3.63) is 0 Å². The molecule has 0 radical (unpaired) electrons. The Morgan fingerprint density at radius 3 is 2.50 bits per heavy atom. The molecule has 0 bridgehead atoms. The molecule has 0 rings (SSSR count). The minimum Gasteiger partial charge on any atom is -0.219 e. The predicted octanol–water partition coefficient (Wildman–Crippen LogP) is 1.64. The topological polar surface area (TPSA) is 66.4 Å². The van der Waals surface area contributed by atoms with Crippen LogP contribution in [-0.4, -0.2) is 11.9 Å². The summed E-state index contributed by atoms with van der Waals surface area (Å²) in [5.74, 6) is 0.631. The summed E-state index contributed by atoms with van der Waals surface area (Å²) in [5, 5.41) is 21.7. The first-order valence-corrected chi connectivity index (χ1v) is 3.70. The van der Waals surface area contributed by atoms with Crippen LogP contribution in [0.5, 0.6) is 0 Å². The van der Waals surface area contributed by atoms with Gasteiger partial charge in [-0.3, -0.25) is 0 Å². The molecule has 0 aromatic heterocycles. The normalized spacial score (nSPS) is 11.0. The summed E-state index contributed by atoms with van der Waals surface area (Å²) in [7, 11) is 0. The molecule has 0 aliphatic carbocycles. The lowest BCUT2D eigenvalue weighted by Crippen LogP contribution is -2.00. The highest BCUT2D eigenvalue weighted by atomic mass is 17.8. The summed E-state index contributed by atoms with van der Waals surface area (Å²) in [6.07, 6.45) is 1.90. The van der Waals surface area contributed by atoms with Crippen LogP contribution in [0, 0.1) is 5.92 Å². The van der Waals surface area contributed by atoms with Gasteiger partial charge in [0.1, 0.15) is 0 Å². The fourth-order valence-corrected chi connectivity index (χ4v) is 0.628. The summed E-state index contributed by atoms with van der Waals surface area (Å²) in [5.41, 5.74) is 0. The molecule has 0 aromatic carbocycles. The molecule has 12 heavy (non-hydrogen) atoms. The average Bonchev–Trinajstić information content (AvgIpc) is 2.02. The van der Waals surface area contributed by atoms with Crippen molar-refractivity contribution in [3.8, 4) is 0 Å². The zero-order chi connectivity index (χ0) is 9.23. The molecule has 0 unspecified atom stereocenters. The van der Waals surface area contributed by atoms with E-state index in [-0.39, 0.29) is 0 Å². The zero-order valence-corrected chi connectivity index (χ0v) is 7.19. The summed E-state index contributed by atoms with van der Waals surface area (Å²) < 4.78 is 0. The van der Waals surface area contributed by atoms with Crippen LogP contribution in [0.4, 0.5) is 0 Å². The van der Waals surface area contributed by atoms with Crippen molar-refractivity contribution in [3.63, 3.8) is 0 Å². The van der Waals surface area contributed by atoms with Gasteiger partial charge in [-0.1, -0.05) is 13.8 Å². The van der Waals surface area contributed by atoms with Gasteiger partial charge in [0, 0.05) is 0 Å². The Morgan fingerprint density at radius 2 is 1.92 bits per heavy atom. The smallest absolute Gasteiger partial charge is 0.0855 e. The maximum absolute atomic E-state index is 7.56. The Morgan fingerprint density at radius 1 is 1.17 bits per heavy atom. The van der Waals surface area contributed by atoms with Gasteiger partial charge in [0.25, 0.3) is 0 Å². The molecule has 0 heterocycles. The van der Waals surface area contributed by atoms with E-state index in [9.17, 15) is 0 Å². The van der Waals surface area contributed by atoms with Gasteiger partial charge in [-0.05, 0) is 38.9 Å². The van der Waals surface area contributed by atoms with Crippen LogP contribution >= 0.6 is 0 Å². The number of rotatable bonds is 8. The molecular weight excluding hydrogens is 168 g/mol. The van der Waals surface area contributed by atoms with Crippen molar-refractivity contribution in [1.82, 2.24) is 0 Å². The van der Waals surface area contributed by atoms with E-state index in [1.54, 1.807) is 0 Å². The maximum Gasteiger partial charge on any atom is 0.0855 e. The van der Waals surface area contributed by atoms with Gasteiger partial charge in [0.05, 0.1) is 6.61 Å². The van der Waals surface area contributed by atoms with Gasteiger partial charge < -0.3 is 0 Å². The molecule has 74 valence electrons. The second-order valence-corrected chi connectivity index (χ2v) is 2.64. The van der Waals surface area contributed by atoms with Gasteiger partial charge >= 0.3 is 0 Å². The van der Waals surface area contributed by atoms with Crippen LogP contribution in [0.15, 0.2) is 0 Å². The lowest BCUT2D eigenvalue weighted by molar-refractivity contribution is -0.753. The molecule has 6 nitrogen and oxygen atoms in total. The first-order chi connectivity index (χ1) is 5.77. The SMILES string of the molecule is CC(C)CCCOOOOOO. The van der Waals surface area contributed by atoms with Crippen molar-refractivity contribution in [2.24, 2.45) is 5.92 Å². The standard InChI is InChI=1S/C6H14O6/c1-6(2)4-3-5-8-10-12-11-9-7/h6-7H,3-5H2,1-2H3. The third kappa shape index (κ3) is 9.76. The van der Waals surface area contributed by atoms with Crippen LogP contribution in [0.2, 0.25) is 0 Å². The Bertz CT molecular complexity index is 86.1. The molecular formula is C6H14O6. The van der Waals surface area contributed by atoms with E-state index >= 15 is 0 Å². The van der Waals surface area contributed by atoms with Crippen LogP contribution < -0.4 is 0 Å². The highest BCUT2D eigenvalue weighted by Crippen LogP contribution is 2.03. The molecule has 0 spiro atoms. The van der Waals surface area contributed by atoms with E-state index in [2.05, 4.69) is 38.9 Å². The fraction of sp³-hybridized carbons (Fsp3) is 1.00. The molecule has 0 saturated carbocycles. The number of hydrogen-bond acceptors (Lipinski definition) is 6. The Balaban J connectivity index is 2.82. The first kappa shape index (κ1) is 11.8. The summed E-state index contributed by atoms with van der Waals surface area (Å²) in [6, 6.07) is 0. The van der Waals surface area contributed by atoms with Crippen LogP contribution in [0.1, 0.15) is 26.7 Å². The number of hydrogen-bond donors (Lipinski definition) is 1. The fourth-order valence-electron chi connectivity index (χ4n) is 0.628. The molecule has 0 aliphatic rings. The highest BCUT2D eigenvalue weighted by molar-refractivity contribution is 4.42. The van der Waals surface area contributed by atoms with Gasteiger partial charge in [0.2, 0.25) is 0 Å². The van der Waals surface area contributed by atoms with Crippen LogP contribution in [0.25, 0.3) is 0 Å². The minimum atomic E-state index is 0.396. The lowest BCUT2D eigenvalue weighted by Gasteiger charge is -2.02. The molecule has 6 heteroatoms. The van der Waals surface area contributed by atoms with E-state index in [4.69, 9.17) is 5.26 Å². The van der Waals surface area contributed by atoms with Gasteiger partial charge in [-0.25, -0.2) is 10.1 Å². The average molecular weight is 182 g/mol. The summed E-state index contributed by atoms with van der Waals surface area (Å²) in [4.78, 5) is 4.45. The van der Waals surface area contributed by atoms with Gasteiger partial charge in [-0.15, -0.1) is 0 Å². The van der Waals surface area contributed by atoms with Crippen LogP contribution in [0.3, 0.4) is 0 Å². The van der Waals surface area contributed by atoms with E-state index in [1.807, 2.05) is 0 Å². The van der Waals surface area contributed by atoms with Crippen molar-refractivity contribution in [1.29, 1.82) is 0 Å². The van der Waals surface area contributed by atoms with E-state index < -0.39 is 0 Å². The Kier molecular flexibility index (Phi) is 8.68. The molecule has 0 aliphatic heterocycles. The Hall–Kier alpha value is -0.240. The second kappa shape index (κ2) is 8.85. The lowest BCUT2D eigenvalue weighted by atomic mass is 10.1. The van der Waals surface area contributed by atoms with Crippen LogP contribution in [-0.2, 0) is 25.0 Å². The van der Waals surface area contributed by atoms with Gasteiger partial charge in [-0.2, -0.15) is 0 Å². The first-order valence-electron chi connectivity index (χ1n) is 3.70. The molecule has 0 atom stereocenters. The molecule has 1 N–H and O–H groups in total. The van der Waals surface area contributed by atoms with Gasteiger partial charge in [0.15, 0.2) is 0 Å². The molecule has 0 saturated heterocycles. The van der Waals surface area contributed by atoms with E-state index in [1.165, 1.54) is 0 Å². The molecule has 0 amide bonds. The maximum atomic E-state index is 7.56. The molecule has 0 aromatic rings. The third-order valence-electron chi connectivity index (χ3n) is 1.14. The summed E-state index contributed by atoms with van der Waals surface area (Å²) in [6.45, 7) is 4.62. The summed E-state index contributed by atoms with van der Waals surface area (Å²) >= 11 is 0. The quantitative estimate of drug-likeness (QED) is 0.349. The van der Waals surface area contributed by atoms with Crippen molar-refractivity contribution in [2.45, 2.75) is 26.7 Å². The van der Waals surface area contributed by atoms with E-state index in [0.29, 0.717) is 12.5 Å². The van der Waals surface area contributed by atoms with Crippen molar-refractivity contribution >= 4 is 0 Å². The Labute approximate surface area is 70.6 Å². The largest absolute Gasteiger partial charge is 0.219 e. The van der Waals surface area contributed by atoms with E-state index in [0.717, 1.165) is 12.8 Å². The monoisotopic (exact) mass is 182 g/mol. The van der Waals surface area contributed by atoms with Crippen molar-refractivity contribution in [2.75, 3.05) is 6.61 Å².